The van der Waals surface area contributed by atoms with Gasteiger partial charge in [-0.05, 0) is 89.9 Å². The molecule has 44 heavy (non-hydrogen) atoms. The van der Waals surface area contributed by atoms with Crippen LogP contribution in [0.4, 0.5) is 5.69 Å². The summed E-state index contributed by atoms with van der Waals surface area (Å²) in [5.41, 5.74) is 7.57. The average molecular weight is 580 g/mol. The van der Waals surface area contributed by atoms with E-state index in [1.165, 1.54) is 46.2 Å². The molecule has 4 nitrogen and oxygen atoms in total. The number of methoxy groups -OCH3 is 1. The lowest BCUT2D eigenvalue weighted by molar-refractivity contribution is 0.0121. The Balaban J connectivity index is 1.34. The standard InChI is InChI=1S/C40H41N3O/c1-3-31-28-42-22-20-32(31)24-39(42)40(36-19-21-41-38-18-17-35(44-2)25-37(36)38)33-15-10-16-34(23-33)43(26-29-11-6-4-7-12-29)27-30-13-8-5-9-14-30/h3-19,21,23,25,31-32,39-40H,1,20,22,24,26-28H2,2H3/t31?,32?,39-,40-/m0/s1. The third-order valence-corrected chi connectivity index (χ3v) is 9.88. The number of hydrogen-bond acceptors (Lipinski definition) is 4. The Morgan fingerprint density at radius 3 is 2.32 bits per heavy atom. The number of pyridine rings is 1. The largest absolute Gasteiger partial charge is 0.497 e. The summed E-state index contributed by atoms with van der Waals surface area (Å²) >= 11 is 0. The second kappa shape index (κ2) is 12.7. The summed E-state index contributed by atoms with van der Waals surface area (Å²) in [7, 11) is 1.74. The van der Waals surface area contributed by atoms with Gasteiger partial charge in [0.25, 0.3) is 0 Å². The van der Waals surface area contributed by atoms with Crippen LogP contribution < -0.4 is 9.64 Å². The van der Waals surface area contributed by atoms with E-state index in [2.05, 4.69) is 126 Å². The molecule has 3 saturated heterocycles. The summed E-state index contributed by atoms with van der Waals surface area (Å²) in [6.45, 7) is 8.13. The van der Waals surface area contributed by atoms with Gasteiger partial charge in [0.05, 0.1) is 12.6 Å². The van der Waals surface area contributed by atoms with Gasteiger partial charge in [-0.2, -0.15) is 0 Å². The zero-order valence-corrected chi connectivity index (χ0v) is 25.6. The lowest BCUT2D eigenvalue weighted by atomic mass is 9.69. The molecule has 0 aliphatic carbocycles. The number of hydrogen-bond donors (Lipinski definition) is 0. The highest BCUT2D eigenvalue weighted by Crippen LogP contribution is 2.46. The molecule has 0 spiro atoms. The predicted molar refractivity (Wildman–Crippen MR) is 181 cm³/mol. The molecule has 4 heterocycles. The van der Waals surface area contributed by atoms with Crippen molar-refractivity contribution in [2.75, 3.05) is 25.1 Å². The fourth-order valence-electron chi connectivity index (χ4n) is 7.64. The Labute approximate surface area is 261 Å². The quantitative estimate of drug-likeness (QED) is 0.155. The second-order valence-electron chi connectivity index (χ2n) is 12.4. The summed E-state index contributed by atoms with van der Waals surface area (Å²) in [5, 5.41) is 1.18. The maximum Gasteiger partial charge on any atom is 0.119 e. The maximum absolute atomic E-state index is 5.69. The van der Waals surface area contributed by atoms with E-state index in [9.17, 15) is 0 Å². The number of anilines is 1. The van der Waals surface area contributed by atoms with Crippen molar-refractivity contribution in [3.8, 4) is 5.75 Å². The summed E-state index contributed by atoms with van der Waals surface area (Å²) in [5.74, 6) is 2.33. The van der Waals surface area contributed by atoms with E-state index in [4.69, 9.17) is 9.72 Å². The molecule has 3 aliphatic rings. The van der Waals surface area contributed by atoms with Gasteiger partial charge in [-0.3, -0.25) is 9.88 Å². The molecule has 3 fully saturated rings. The molecule has 0 radical (unpaired) electrons. The molecule has 0 N–H and O–H groups in total. The zero-order chi connectivity index (χ0) is 29.9. The minimum atomic E-state index is 0.205. The number of nitrogens with zero attached hydrogens (tertiary/aromatic N) is 3. The average Bonchev–Trinajstić information content (AvgIpc) is 3.09. The normalized spacial score (nSPS) is 21.6. The summed E-state index contributed by atoms with van der Waals surface area (Å²) in [4.78, 5) is 10.0. The second-order valence-corrected chi connectivity index (χ2v) is 12.4. The van der Waals surface area contributed by atoms with E-state index in [0.29, 0.717) is 17.9 Å². The van der Waals surface area contributed by atoms with Crippen molar-refractivity contribution in [2.45, 2.75) is 37.9 Å². The Hall–Kier alpha value is -4.41. The molecule has 8 rings (SSSR count). The van der Waals surface area contributed by atoms with Crippen LogP contribution in [0.3, 0.4) is 0 Å². The van der Waals surface area contributed by atoms with Gasteiger partial charge in [0, 0.05) is 48.9 Å². The van der Waals surface area contributed by atoms with Crippen molar-refractivity contribution in [3.63, 3.8) is 0 Å². The van der Waals surface area contributed by atoms with Gasteiger partial charge in [0.15, 0.2) is 0 Å². The number of benzene rings is 4. The Morgan fingerprint density at radius 2 is 1.66 bits per heavy atom. The highest BCUT2D eigenvalue weighted by molar-refractivity contribution is 5.84. The van der Waals surface area contributed by atoms with Gasteiger partial charge in [-0.15, -0.1) is 6.58 Å². The molecule has 4 heteroatoms. The monoisotopic (exact) mass is 579 g/mol. The van der Waals surface area contributed by atoms with Crippen molar-refractivity contribution in [1.29, 1.82) is 0 Å². The van der Waals surface area contributed by atoms with Crippen molar-refractivity contribution in [3.05, 3.63) is 150 Å². The van der Waals surface area contributed by atoms with E-state index < -0.39 is 0 Å². The van der Waals surface area contributed by atoms with Gasteiger partial charge >= 0.3 is 0 Å². The van der Waals surface area contributed by atoms with Crippen LogP contribution in [0.5, 0.6) is 5.75 Å². The van der Waals surface area contributed by atoms with Gasteiger partial charge in [-0.1, -0.05) is 78.9 Å². The van der Waals surface area contributed by atoms with E-state index >= 15 is 0 Å². The van der Waals surface area contributed by atoms with Gasteiger partial charge in [-0.25, -0.2) is 0 Å². The fraction of sp³-hybridized carbons (Fsp3) is 0.275. The van der Waals surface area contributed by atoms with Crippen LogP contribution in [0.25, 0.3) is 10.9 Å². The zero-order valence-electron chi connectivity index (χ0n) is 25.6. The lowest BCUT2D eigenvalue weighted by Gasteiger charge is -2.52. The van der Waals surface area contributed by atoms with Crippen LogP contribution in [0.2, 0.25) is 0 Å². The topological polar surface area (TPSA) is 28.6 Å². The molecule has 3 aliphatic heterocycles. The van der Waals surface area contributed by atoms with E-state index in [-0.39, 0.29) is 5.92 Å². The first-order valence-corrected chi connectivity index (χ1v) is 15.9. The van der Waals surface area contributed by atoms with Crippen molar-refractivity contribution < 1.29 is 4.74 Å². The molecule has 3 unspecified atom stereocenters. The minimum Gasteiger partial charge on any atom is -0.497 e. The van der Waals surface area contributed by atoms with Crippen LogP contribution in [0, 0.1) is 11.8 Å². The summed E-state index contributed by atoms with van der Waals surface area (Å²) in [6, 6.07) is 39.9. The van der Waals surface area contributed by atoms with Crippen LogP contribution in [0.15, 0.2) is 128 Å². The minimum absolute atomic E-state index is 0.205. The molecular weight excluding hydrogens is 538 g/mol. The number of rotatable bonds is 10. The highest BCUT2D eigenvalue weighted by atomic mass is 16.5. The Bertz CT molecular complexity index is 1680. The van der Waals surface area contributed by atoms with Crippen molar-refractivity contribution in [1.82, 2.24) is 9.88 Å². The molecule has 4 aromatic carbocycles. The van der Waals surface area contributed by atoms with Gasteiger partial charge < -0.3 is 9.64 Å². The molecule has 5 atom stereocenters. The fourth-order valence-corrected chi connectivity index (χ4v) is 7.64. The Morgan fingerprint density at radius 1 is 0.909 bits per heavy atom. The van der Waals surface area contributed by atoms with Gasteiger partial charge in [0.1, 0.15) is 5.75 Å². The molecule has 1 aromatic heterocycles. The van der Waals surface area contributed by atoms with E-state index in [1.807, 2.05) is 12.3 Å². The highest BCUT2D eigenvalue weighted by Gasteiger charge is 2.43. The molecule has 0 amide bonds. The number of aromatic nitrogens is 1. The smallest absolute Gasteiger partial charge is 0.119 e. The first kappa shape index (κ1) is 28.4. The van der Waals surface area contributed by atoms with Crippen LogP contribution in [0.1, 0.15) is 41.0 Å². The van der Waals surface area contributed by atoms with Crippen molar-refractivity contribution >= 4 is 16.6 Å². The van der Waals surface area contributed by atoms with Crippen LogP contribution in [-0.4, -0.2) is 36.1 Å². The molecular formula is C40H41N3O. The predicted octanol–water partition coefficient (Wildman–Crippen LogP) is 8.48. The first-order valence-electron chi connectivity index (χ1n) is 15.9. The van der Waals surface area contributed by atoms with Gasteiger partial charge in [0.2, 0.25) is 0 Å². The molecule has 2 bridgehead atoms. The molecule has 5 aromatic rings. The Kier molecular flexibility index (Phi) is 8.17. The third-order valence-electron chi connectivity index (χ3n) is 9.88. The first-order chi connectivity index (χ1) is 21.7. The molecule has 0 saturated carbocycles. The van der Waals surface area contributed by atoms with Crippen molar-refractivity contribution in [2.24, 2.45) is 11.8 Å². The maximum atomic E-state index is 5.69. The number of piperidine rings is 3. The summed E-state index contributed by atoms with van der Waals surface area (Å²) < 4.78 is 5.69. The summed E-state index contributed by atoms with van der Waals surface area (Å²) in [6.07, 6.45) is 6.62. The van der Waals surface area contributed by atoms with Crippen LogP contribution >= 0.6 is 0 Å². The molecule has 222 valence electrons. The van der Waals surface area contributed by atoms with E-state index in [1.54, 1.807) is 7.11 Å². The van der Waals surface area contributed by atoms with Crippen LogP contribution in [-0.2, 0) is 13.1 Å². The van der Waals surface area contributed by atoms with E-state index in [0.717, 1.165) is 37.4 Å². The third kappa shape index (κ3) is 5.75. The SMILES string of the molecule is C=CC1CN2CCC1C[C@H]2[C@@H](c1cccc(N(Cc2ccccc2)Cc2ccccc2)c1)c1ccnc2ccc(OC)cc12. The number of ether oxygens (including phenoxy) is 1. The number of fused-ring (bicyclic) bond motifs is 4. The lowest BCUT2D eigenvalue weighted by Crippen LogP contribution is -2.55.